The van der Waals surface area contributed by atoms with Gasteiger partial charge in [0.05, 0.1) is 18.1 Å². The van der Waals surface area contributed by atoms with E-state index in [4.69, 9.17) is 14.1 Å². The smallest absolute Gasteiger partial charge is 0.449 e. The molecule has 3 N–H and O–H groups in total. The number of carbonyl (C=O) groups excluding carboxylic acids is 3. The highest BCUT2D eigenvalue weighted by Gasteiger charge is 2.44. The minimum Gasteiger partial charge on any atom is -0.449 e. The lowest BCUT2D eigenvalue weighted by atomic mass is 9.72. The van der Waals surface area contributed by atoms with Gasteiger partial charge in [0.1, 0.15) is 12.1 Å². The molecule has 3 amide bonds. The molecule has 2 aliphatic rings. The monoisotopic (exact) mass is 623 g/mol. The third-order valence-corrected chi connectivity index (χ3v) is 8.64. The number of alkyl carbamates (subject to hydrolysis) is 1. The van der Waals surface area contributed by atoms with Crippen molar-refractivity contribution in [3.8, 4) is 0 Å². The van der Waals surface area contributed by atoms with Crippen LogP contribution in [-0.4, -0.2) is 84.9 Å². The van der Waals surface area contributed by atoms with Crippen LogP contribution in [0.2, 0.25) is 0 Å². The highest BCUT2D eigenvalue weighted by Crippen LogP contribution is 2.34. The van der Waals surface area contributed by atoms with E-state index in [9.17, 15) is 19.4 Å². The van der Waals surface area contributed by atoms with Gasteiger partial charge in [0.25, 0.3) is 0 Å². The van der Waals surface area contributed by atoms with Crippen LogP contribution in [0.1, 0.15) is 127 Å². The second-order valence-electron chi connectivity index (χ2n) is 15.5. The zero-order chi connectivity index (χ0) is 33.1. The van der Waals surface area contributed by atoms with Crippen molar-refractivity contribution in [2.75, 3.05) is 26.4 Å². The highest BCUT2D eigenvalue weighted by atomic mass is 16.6. The van der Waals surface area contributed by atoms with Gasteiger partial charge in [-0.15, -0.1) is 0 Å². The number of rotatable bonds is 15. The molecule has 10 nitrogen and oxygen atoms in total. The molecule has 254 valence electrons. The van der Waals surface area contributed by atoms with Gasteiger partial charge in [-0.1, -0.05) is 74.7 Å². The van der Waals surface area contributed by atoms with Crippen LogP contribution in [0.3, 0.4) is 0 Å². The number of hydrogen-bond donors (Lipinski definition) is 3. The van der Waals surface area contributed by atoms with Gasteiger partial charge < -0.3 is 34.7 Å². The maximum Gasteiger partial charge on any atom is 0.478 e. The van der Waals surface area contributed by atoms with Gasteiger partial charge in [0.2, 0.25) is 11.8 Å². The molecule has 0 aliphatic carbocycles. The molecule has 2 aliphatic heterocycles. The Morgan fingerprint density at radius 3 is 2.23 bits per heavy atom. The molecule has 44 heavy (non-hydrogen) atoms. The summed E-state index contributed by atoms with van der Waals surface area (Å²) in [6, 6.07) is -1.56. The molecule has 0 aromatic rings. The first-order chi connectivity index (χ1) is 20.5. The minimum absolute atomic E-state index is 0.00527. The van der Waals surface area contributed by atoms with Crippen molar-refractivity contribution in [3.05, 3.63) is 0 Å². The number of carbonyl (C=O) groups is 3. The lowest BCUT2D eigenvalue weighted by Crippen LogP contribution is -2.59. The second kappa shape index (κ2) is 17.2. The van der Waals surface area contributed by atoms with Crippen LogP contribution < -0.4 is 10.6 Å². The SMILES string of the molecule is CCCC[C@](C)(CC(C)(C)C)OB(O)C(CCC)NC(=O)C1CCCN1C(=O)C(NC(=O)OCC1CCOCC1)C(C)(C)C. The first-order valence-corrected chi connectivity index (χ1v) is 17.0. The van der Waals surface area contributed by atoms with E-state index < -0.39 is 42.3 Å². The molecule has 11 heteroatoms. The summed E-state index contributed by atoms with van der Waals surface area (Å²) in [5.74, 6) is -0.974. The van der Waals surface area contributed by atoms with Gasteiger partial charge in [0, 0.05) is 19.8 Å². The molecule has 4 atom stereocenters. The molecule has 3 unspecified atom stereocenters. The highest BCUT2D eigenvalue weighted by molar-refractivity contribution is 6.45. The molecule has 0 aromatic heterocycles. The van der Waals surface area contributed by atoms with Crippen LogP contribution in [0.5, 0.6) is 0 Å². The Kier molecular flexibility index (Phi) is 15.0. The number of amides is 3. The maximum absolute atomic E-state index is 13.9. The van der Waals surface area contributed by atoms with Gasteiger partial charge in [-0.05, 0) is 68.6 Å². The molecule has 0 aromatic carbocycles. The summed E-state index contributed by atoms with van der Waals surface area (Å²) in [4.78, 5) is 41.9. The van der Waals surface area contributed by atoms with Crippen LogP contribution in [0, 0.1) is 16.7 Å². The van der Waals surface area contributed by atoms with Crippen LogP contribution in [0.15, 0.2) is 0 Å². The number of ether oxygens (including phenoxy) is 2. The summed E-state index contributed by atoms with van der Waals surface area (Å²) in [7, 11) is -1.18. The van der Waals surface area contributed by atoms with E-state index >= 15 is 0 Å². The summed E-state index contributed by atoms with van der Waals surface area (Å²) >= 11 is 0. The first-order valence-electron chi connectivity index (χ1n) is 17.0. The fraction of sp³-hybridized carbons (Fsp3) is 0.909. The molecule has 2 heterocycles. The Balaban J connectivity index is 2.11. The van der Waals surface area contributed by atoms with Crippen molar-refractivity contribution in [3.63, 3.8) is 0 Å². The molecule has 0 bridgehead atoms. The van der Waals surface area contributed by atoms with E-state index in [1.165, 1.54) is 0 Å². The number of nitrogens with zero attached hydrogens (tertiary/aromatic N) is 1. The molecule has 2 saturated heterocycles. The van der Waals surface area contributed by atoms with E-state index in [2.05, 4.69) is 38.3 Å². The van der Waals surface area contributed by atoms with Crippen molar-refractivity contribution in [1.29, 1.82) is 0 Å². The Morgan fingerprint density at radius 2 is 1.66 bits per heavy atom. The Hall–Kier alpha value is -1.85. The lowest BCUT2D eigenvalue weighted by molar-refractivity contribution is -0.142. The van der Waals surface area contributed by atoms with E-state index in [1.807, 2.05) is 34.6 Å². The minimum atomic E-state index is -1.18. The zero-order valence-electron chi connectivity index (χ0n) is 29.1. The average Bonchev–Trinajstić information content (AvgIpc) is 3.42. The largest absolute Gasteiger partial charge is 0.478 e. The van der Waals surface area contributed by atoms with Gasteiger partial charge in [0.15, 0.2) is 0 Å². The molecule has 2 rings (SSSR count). The molecular weight excluding hydrogens is 561 g/mol. The van der Waals surface area contributed by atoms with Crippen molar-refractivity contribution in [2.24, 2.45) is 16.7 Å². The lowest BCUT2D eigenvalue weighted by Gasteiger charge is -2.39. The fourth-order valence-electron chi connectivity index (χ4n) is 6.49. The average molecular weight is 624 g/mol. The molecule has 0 saturated carbocycles. The normalized spacial score (nSPS) is 20.9. The van der Waals surface area contributed by atoms with Crippen LogP contribution in [0.25, 0.3) is 0 Å². The number of likely N-dealkylation sites (tertiary alicyclic amines) is 1. The van der Waals surface area contributed by atoms with Crippen LogP contribution in [0.4, 0.5) is 4.79 Å². The Labute approximate surface area is 267 Å². The molecular formula is C33H62BN3O7. The molecule has 0 radical (unpaired) electrons. The van der Waals surface area contributed by atoms with Crippen molar-refractivity contribution >= 4 is 25.0 Å². The molecule has 0 spiro atoms. The maximum atomic E-state index is 13.9. The zero-order valence-corrected chi connectivity index (χ0v) is 29.1. The van der Waals surface area contributed by atoms with Gasteiger partial charge >= 0.3 is 13.2 Å². The topological polar surface area (TPSA) is 126 Å². The molecule has 2 fully saturated rings. The van der Waals surface area contributed by atoms with E-state index in [1.54, 1.807) is 4.90 Å². The summed E-state index contributed by atoms with van der Waals surface area (Å²) in [5, 5.41) is 17.1. The van der Waals surface area contributed by atoms with E-state index in [0.29, 0.717) is 39.0 Å². The third kappa shape index (κ3) is 12.5. The Bertz CT molecular complexity index is 916. The number of hydrogen-bond acceptors (Lipinski definition) is 7. The predicted molar refractivity (Wildman–Crippen MR) is 174 cm³/mol. The van der Waals surface area contributed by atoms with Crippen molar-refractivity contribution in [2.45, 2.75) is 150 Å². The third-order valence-electron chi connectivity index (χ3n) is 8.64. The Morgan fingerprint density at radius 1 is 1.00 bits per heavy atom. The quantitative estimate of drug-likeness (QED) is 0.213. The van der Waals surface area contributed by atoms with Crippen LogP contribution >= 0.6 is 0 Å². The van der Waals surface area contributed by atoms with Crippen molar-refractivity contribution < 1.29 is 33.5 Å². The summed E-state index contributed by atoms with van der Waals surface area (Å²) in [6.07, 6.45) is 7.11. The summed E-state index contributed by atoms with van der Waals surface area (Å²) in [6.45, 7) is 20.4. The second-order valence-corrected chi connectivity index (χ2v) is 15.5. The van der Waals surface area contributed by atoms with Gasteiger partial charge in [-0.25, -0.2) is 4.79 Å². The predicted octanol–water partition coefficient (Wildman–Crippen LogP) is 5.25. The van der Waals surface area contributed by atoms with Crippen LogP contribution in [-0.2, 0) is 23.7 Å². The van der Waals surface area contributed by atoms with Gasteiger partial charge in [-0.2, -0.15) is 0 Å². The first kappa shape index (κ1) is 38.3. The summed E-state index contributed by atoms with van der Waals surface area (Å²) in [5.41, 5.74) is -1.14. The standard InChI is InChI=1S/C33H62BN3O7/c1-10-12-18-33(9,23-31(3,4)5)44-34(41)26(14-11-2)35-28(38)25-15-13-19-37(25)29(39)27(32(6,7)8)36-30(40)43-22-24-16-20-42-21-17-24/h24-27,41H,10-23H2,1-9H3,(H,35,38)(H,36,40)/t25?,26?,27?,33-/m1/s1. The fourth-order valence-corrected chi connectivity index (χ4v) is 6.49. The van der Waals surface area contributed by atoms with E-state index in [0.717, 1.165) is 44.9 Å². The summed E-state index contributed by atoms with van der Waals surface area (Å²) < 4.78 is 17.2. The number of nitrogens with one attached hydrogen (secondary N) is 2. The number of unbranched alkanes of at least 4 members (excludes halogenated alkanes) is 1. The van der Waals surface area contributed by atoms with E-state index in [-0.39, 0.29) is 29.8 Å². The van der Waals surface area contributed by atoms with Gasteiger partial charge in [-0.3, -0.25) is 9.59 Å². The van der Waals surface area contributed by atoms with Crippen molar-refractivity contribution in [1.82, 2.24) is 15.5 Å².